The van der Waals surface area contributed by atoms with Crippen LogP contribution in [0.5, 0.6) is 0 Å². The molecule has 7 rings (SSSR count). The summed E-state index contributed by atoms with van der Waals surface area (Å²) in [6.07, 6.45) is 10.3. The smallest absolute Gasteiger partial charge is 0.243 e. The molecule has 2 spiro atoms. The molecule has 2 aliphatic heterocycles. The molecule has 210 valence electrons. The zero-order chi connectivity index (χ0) is 28.4. The van der Waals surface area contributed by atoms with E-state index in [0.717, 1.165) is 54.0 Å². The van der Waals surface area contributed by atoms with Gasteiger partial charge in [0, 0.05) is 30.9 Å². The second kappa shape index (κ2) is 9.31. The Morgan fingerprint density at radius 1 is 1.00 bits per heavy atom. The third-order valence-electron chi connectivity index (χ3n) is 9.77. The first kappa shape index (κ1) is 26.0. The molecule has 8 heteroatoms. The SMILES string of the molecule is C[C@]1(c2cc(F)cc(F)c2)CNC2(CCCC2)C(=O)N1CC=Cc1ccc2c(c1)C[C@@]1(C2)C(=O)Nc2ncccc21. The van der Waals surface area contributed by atoms with E-state index in [4.69, 9.17) is 0 Å². The van der Waals surface area contributed by atoms with Crippen LogP contribution in [-0.2, 0) is 33.4 Å². The van der Waals surface area contributed by atoms with E-state index in [1.165, 1.54) is 12.1 Å². The highest BCUT2D eigenvalue weighted by molar-refractivity contribution is 6.06. The third kappa shape index (κ3) is 4.02. The maximum atomic E-state index is 14.3. The molecule has 2 N–H and O–H groups in total. The third-order valence-corrected chi connectivity index (χ3v) is 9.77. The van der Waals surface area contributed by atoms with Crippen LogP contribution < -0.4 is 10.6 Å². The lowest BCUT2D eigenvalue weighted by atomic mass is 9.79. The monoisotopic (exact) mass is 554 g/mol. The molecule has 2 fully saturated rings. The quantitative estimate of drug-likeness (QED) is 0.475. The molecule has 3 aromatic rings. The molecule has 1 saturated heterocycles. The maximum Gasteiger partial charge on any atom is 0.243 e. The number of anilines is 1. The predicted octanol–water partition coefficient (Wildman–Crippen LogP) is 5.02. The van der Waals surface area contributed by atoms with E-state index < -0.39 is 28.1 Å². The Morgan fingerprint density at radius 3 is 2.54 bits per heavy atom. The van der Waals surface area contributed by atoms with Crippen molar-refractivity contribution in [2.75, 3.05) is 18.4 Å². The van der Waals surface area contributed by atoms with Gasteiger partial charge in [-0.2, -0.15) is 0 Å². The number of halogens is 2. The van der Waals surface area contributed by atoms with Gasteiger partial charge in [0.15, 0.2) is 0 Å². The average molecular weight is 555 g/mol. The van der Waals surface area contributed by atoms with Crippen molar-refractivity contribution < 1.29 is 18.4 Å². The van der Waals surface area contributed by atoms with Crippen LogP contribution in [-0.4, -0.2) is 40.3 Å². The summed E-state index contributed by atoms with van der Waals surface area (Å²) in [5, 5.41) is 6.43. The van der Waals surface area contributed by atoms with Crippen LogP contribution in [0.1, 0.15) is 60.4 Å². The summed E-state index contributed by atoms with van der Waals surface area (Å²) in [5.74, 6) is -0.697. The van der Waals surface area contributed by atoms with Crippen LogP contribution in [0, 0.1) is 11.6 Å². The fourth-order valence-corrected chi connectivity index (χ4v) is 7.46. The summed E-state index contributed by atoms with van der Waals surface area (Å²) in [5.41, 5.74) is 2.47. The minimum Gasteiger partial charge on any atom is -0.327 e. The number of hydrogen-bond acceptors (Lipinski definition) is 4. The van der Waals surface area contributed by atoms with Crippen molar-refractivity contribution in [3.63, 3.8) is 0 Å². The van der Waals surface area contributed by atoms with Gasteiger partial charge in [0.25, 0.3) is 0 Å². The number of hydrogen-bond donors (Lipinski definition) is 2. The van der Waals surface area contributed by atoms with Gasteiger partial charge in [0.2, 0.25) is 11.8 Å². The number of pyridine rings is 1. The van der Waals surface area contributed by atoms with Gasteiger partial charge in [-0.05, 0) is 73.1 Å². The second-order valence-electron chi connectivity index (χ2n) is 12.2. The first-order valence-corrected chi connectivity index (χ1v) is 14.3. The lowest BCUT2D eigenvalue weighted by Gasteiger charge is -2.51. The topological polar surface area (TPSA) is 74.3 Å². The predicted molar refractivity (Wildman–Crippen MR) is 152 cm³/mol. The summed E-state index contributed by atoms with van der Waals surface area (Å²) < 4.78 is 28.5. The van der Waals surface area contributed by atoms with Crippen molar-refractivity contribution in [3.8, 4) is 0 Å². The highest BCUT2D eigenvalue weighted by Crippen LogP contribution is 2.47. The van der Waals surface area contributed by atoms with Crippen LogP contribution in [0.25, 0.3) is 6.08 Å². The zero-order valence-electron chi connectivity index (χ0n) is 23.0. The van der Waals surface area contributed by atoms with E-state index in [-0.39, 0.29) is 11.8 Å². The molecule has 2 amide bonds. The molecular formula is C33H32F2N4O2. The highest BCUT2D eigenvalue weighted by Gasteiger charge is 2.53. The molecule has 1 saturated carbocycles. The molecule has 2 aromatic carbocycles. The van der Waals surface area contributed by atoms with E-state index in [2.05, 4.69) is 27.8 Å². The zero-order valence-corrected chi connectivity index (χ0v) is 23.0. The Kier molecular flexibility index (Phi) is 5.91. The van der Waals surface area contributed by atoms with Gasteiger partial charge in [0.05, 0.1) is 16.5 Å². The lowest BCUT2D eigenvalue weighted by Crippen LogP contribution is -2.70. The molecule has 2 atom stereocenters. The van der Waals surface area contributed by atoms with E-state index in [9.17, 15) is 18.4 Å². The minimum absolute atomic E-state index is 0.00868. The number of nitrogens with zero attached hydrogens (tertiary/aromatic N) is 2. The summed E-state index contributed by atoms with van der Waals surface area (Å²) in [7, 11) is 0. The lowest BCUT2D eigenvalue weighted by molar-refractivity contribution is -0.149. The number of carbonyl (C=O) groups is 2. The normalized spacial score (nSPS) is 26.3. The number of carbonyl (C=O) groups excluding carboxylic acids is 2. The molecule has 3 heterocycles. The Bertz CT molecular complexity index is 1590. The van der Waals surface area contributed by atoms with Crippen molar-refractivity contribution in [3.05, 3.63) is 100 Å². The fourth-order valence-electron chi connectivity index (χ4n) is 7.46. The van der Waals surface area contributed by atoms with E-state index >= 15 is 0 Å². The van der Waals surface area contributed by atoms with Crippen molar-refractivity contribution in [1.82, 2.24) is 15.2 Å². The first-order valence-electron chi connectivity index (χ1n) is 14.3. The number of piperazine rings is 1. The molecule has 4 aliphatic rings. The van der Waals surface area contributed by atoms with Gasteiger partial charge in [-0.3, -0.25) is 9.59 Å². The molecule has 0 unspecified atom stereocenters. The van der Waals surface area contributed by atoms with Crippen LogP contribution >= 0.6 is 0 Å². The summed E-state index contributed by atoms with van der Waals surface area (Å²) in [4.78, 5) is 33.2. The summed E-state index contributed by atoms with van der Waals surface area (Å²) in [6.45, 7) is 2.59. The van der Waals surface area contributed by atoms with Gasteiger partial charge in [-0.15, -0.1) is 0 Å². The molecular weight excluding hydrogens is 522 g/mol. The van der Waals surface area contributed by atoms with Crippen molar-refractivity contribution in [2.45, 2.75) is 61.9 Å². The summed E-state index contributed by atoms with van der Waals surface area (Å²) in [6, 6.07) is 13.6. The minimum atomic E-state index is -0.917. The van der Waals surface area contributed by atoms with Gasteiger partial charge < -0.3 is 15.5 Å². The molecule has 1 aromatic heterocycles. The van der Waals surface area contributed by atoms with Crippen molar-refractivity contribution in [1.29, 1.82) is 0 Å². The summed E-state index contributed by atoms with van der Waals surface area (Å²) >= 11 is 0. The number of rotatable bonds is 4. The molecule has 6 nitrogen and oxygen atoms in total. The Labute approximate surface area is 237 Å². The van der Waals surface area contributed by atoms with Gasteiger partial charge >= 0.3 is 0 Å². The molecule has 0 bridgehead atoms. The Hall–Kier alpha value is -3.91. The average Bonchev–Trinajstić information content (AvgIpc) is 3.65. The molecule has 41 heavy (non-hydrogen) atoms. The molecule has 2 aliphatic carbocycles. The standard InChI is InChI=1S/C33H32F2N4O2/c1-31(24-15-25(34)17-26(35)16-24)20-37-33(10-2-3-11-33)30(41)39(31)13-5-6-21-8-9-22-18-32(19-23(22)14-21)27-7-4-12-36-28(27)38-29(32)40/h4-9,12,14-17,37H,2-3,10-11,13,18-20H2,1H3,(H,36,38,40)/t31-,32-/m1/s1. The Morgan fingerprint density at radius 2 is 1.76 bits per heavy atom. The van der Waals surface area contributed by atoms with Crippen molar-refractivity contribution in [2.24, 2.45) is 0 Å². The van der Waals surface area contributed by atoms with E-state index in [1.54, 1.807) is 11.1 Å². The van der Waals surface area contributed by atoms with Crippen LogP contribution in [0.4, 0.5) is 14.6 Å². The van der Waals surface area contributed by atoms with Crippen LogP contribution in [0.15, 0.2) is 60.8 Å². The first-order chi connectivity index (χ1) is 19.7. The van der Waals surface area contributed by atoms with Crippen LogP contribution in [0.2, 0.25) is 0 Å². The molecule has 0 radical (unpaired) electrons. The number of aromatic nitrogens is 1. The number of benzene rings is 2. The second-order valence-corrected chi connectivity index (χ2v) is 12.2. The number of amides is 2. The van der Waals surface area contributed by atoms with E-state index in [0.29, 0.717) is 37.3 Å². The Balaban J connectivity index is 1.16. The number of fused-ring (bicyclic) bond motifs is 3. The largest absolute Gasteiger partial charge is 0.327 e. The number of nitrogens with one attached hydrogen (secondary N) is 2. The van der Waals surface area contributed by atoms with Gasteiger partial charge in [-0.1, -0.05) is 49.3 Å². The van der Waals surface area contributed by atoms with E-state index in [1.807, 2.05) is 37.3 Å². The fraction of sp³-hybridized carbons (Fsp3) is 0.364. The van der Waals surface area contributed by atoms with Gasteiger partial charge in [-0.25, -0.2) is 13.8 Å². The maximum absolute atomic E-state index is 14.3. The highest BCUT2D eigenvalue weighted by atomic mass is 19.1. The van der Waals surface area contributed by atoms with Crippen molar-refractivity contribution >= 4 is 23.7 Å². The van der Waals surface area contributed by atoms with Crippen LogP contribution in [0.3, 0.4) is 0 Å². The van der Waals surface area contributed by atoms with Gasteiger partial charge in [0.1, 0.15) is 17.5 Å².